The van der Waals surface area contributed by atoms with E-state index in [4.69, 9.17) is 0 Å². The van der Waals surface area contributed by atoms with E-state index >= 15 is 0 Å². The predicted octanol–water partition coefficient (Wildman–Crippen LogP) is 6.24. The lowest BCUT2D eigenvalue weighted by atomic mass is 10.0. The van der Waals surface area contributed by atoms with Gasteiger partial charge in [-0.3, -0.25) is 4.79 Å². The summed E-state index contributed by atoms with van der Waals surface area (Å²) in [5, 5.41) is 4.40. The molecule has 2 aromatic heterocycles. The van der Waals surface area contributed by atoms with Crippen LogP contribution in [0.2, 0.25) is 0 Å². The lowest BCUT2D eigenvalue weighted by Crippen LogP contribution is -2.42. The highest BCUT2D eigenvalue weighted by Crippen LogP contribution is 2.32. The molecule has 1 N–H and O–H groups in total. The van der Waals surface area contributed by atoms with Crippen LogP contribution in [0.1, 0.15) is 67.6 Å². The zero-order valence-corrected chi connectivity index (χ0v) is 19.5. The van der Waals surface area contributed by atoms with Crippen molar-refractivity contribution in [1.82, 2.24) is 14.9 Å². The van der Waals surface area contributed by atoms with Crippen molar-refractivity contribution < 1.29 is 4.79 Å². The molecule has 3 heterocycles. The van der Waals surface area contributed by atoms with E-state index in [1.807, 2.05) is 30.0 Å². The standard InChI is InChI=1S/C25H30N4O.ClH/c1-16(2)19-9-7-10-20(14-19)28-23-21-12-11-17(3)27-24(21)26-15-22(23)25(30)29-13-6-5-8-18(29)4;/h7,9-12,14-16,18H,5-6,8,13H2,1-4H3,(H,26,27,28);1H. The summed E-state index contributed by atoms with van der Waals surface area (Å²) in [4.78, 5) is 24.6. The van der Waals surface area contributed by atoms with Gasteiger partial charge >= 0.3 is 0 Å². The van der Waals surface area contributed by atoms with Crippen LogP contribution in [-0.4, -0.2) is 33.4 Å². The molecule has 1 fully saturated rings. The molecule has 1 unspecified atom stereocenters. The normalized spacial score (nSPS) is 16.3. The third-order valence-electron chi connectivity index (χ3n) is 5.99. The Kier molecular flexibility index (Phi) is 7.16. The number of hydrogen-bond acceptors (Lipinski definition) is 4. The predicted molar refractivity (Wildman–Crippen MR) is 130 cm³/mol. The minimum atomic E-state index is 0. The largest absolute Gasteiger partial charge is 0.354 e. The highest BCUT2D eigenvalue weighted by atomic mass is 35.5. The van der Waals surface area contributed by atoms with Crippen LogP contribution in [0.5, 0.6) is 0 Å². The summed E-state index contributed by atoms with van der Waals surface area (Å²) < 4.78 is 0. The van der Waals surface area contributed by atoms with E-state index in [-0.39, 0.29) is 24.4 Å². The number of rotatable bonds is 4. The van der Waals surface area contributed by atoms with Crippen molar-refractivity contribution in [2.75, 3.05) is 11.9 Å². The summed E-state index contributed by atoms with van der Waals surface area (Å²) in [6, 6.07) is 12.6. The molecule has 0 saturated carbocycles. The summed E-state index contributed by atoms with van der Waals surface area (Å²) in [5.74, 6) is 0.472. The smallest absolute Gasteiger partial charge is 0.257 e. The number of hydrogen-bond donors (Lipinski definition) is 1. The van der Waals surface area contributed by atoms with E-state index in [9.17, 15) is 4.79 Å². The maximum Gasteiger partial charge on any atom is 0.257 e. The second-order valence-electron chi connectivity index (χ2n) is 8.62. The zero-order valence-electron chi connectivity index (χ0n) is 18.7. The number of piperidine rings is 1. The van der Waals surface area contributed by atoms with Crippen molar-refractivity contribution >= 4 is 40.7 Å². The molecule has 1 saturated heterocycles. The highest BCUT2D eigenvalue weighted by Gasteiger charge is 2.27. The van der Waals surface area contributed by atoms with Gasteiger partial charge in [-0.1, -0.05) is 26.0 Å². The molecule has 0 aliphatic carbocycles. The second-order valence-corrected chi connectivity index (χ2v) is 8.62. The van der Waals surface area contributed by atoms with Gasteiger partial charge in [0.25, 0.3) is 5.91 Å². The van der Waals surface area contributed by atoms with E-state index < -0.39 is 0 Å². The second kappa shape index (κ2) is 9.65. The molecular formula is C25H31ClN4O. The van der Waals surface area contributed by atoms with Crippen molar-refractivity contribution in [1.29, 1.82) is 0 Å². The van der Waals surface area contributed by atoms with Gasteiger partial charge in [0.2, 0.25) is 0 Å². The van der Waals surface area contributed by atoms with Gasteiger partial charge in [0.15, 0.2) is 5.65 Å². The summed E-state index contributed by atoms with van der Waals surface area (Å²) in [6.07, 6.45) is 4.97. The first kappa shape index (κ1) is 23.0. The first-order valence-electron chi connectivity index (χ1n) is 10.9. The molecule has 1 aliphatic rings. The van der Waals surface area contributed by atoms with Gasteiger partial charge in [-0.2, -0.15) is 0 Å². The summed E-state index contributed by atoms with van der Waals surface area (Å²) in [5.41, 5.74) is 5.18. The molecule has 1 atom stereocenters. The average Bonchev–Trinajstić information content (AvgIpc) is 2.74. The Morgan fingerprint density at radius 2 is 2.00 bits per heavy atom. The van der Waals surface area contributed by atoms with Gasteiger partial charge in [-0.15, -0.1) is 12.4 Å². The third-order valence-corrected chi connectivity index (χ3v) is 5.99. The molecule has 4 rings (SSSR count). The number of nitrogens with zero attached hydrogens (tertiary/aromatic N) is 3. The maximum absolute atomic E-state index is 13.5. The van der Waals surface area contributed by atoms with Crippen LogP contribution in [0.25, 0.3) is 11.0 Å². The molecule has 1 aliphatic heterocycles. The molecule has 1 aromatic carbocycles. The molecule has 6 heteroatoms. The minimum absolute atomic E-state index is 0. The molecule has 3 aromatic rings. The van der Waals surface area contributed by atoms with Crippen LogP contribution >= 0.6 is 12.4 Å². The molecule has 164 valence electrons. The van der Waals surface area contributed by atoms with Crippen molar-refractivity contribution in [2.24, 2.45) is 0 Å². The lowest BCUT2D eigenvalue weighted by Gasteiger charge is -2.34. The Bertz CT molecular complexity index is 1080. The SMILES string of the molecule is Cc1ccc2c(Nc3cccc(C(C)C)c3)c(C(=O)N3CCCCC3C)cnc2n1.Cl. The zero-order chi connectivity index (χ0) is 21.3. The van der Waals surface area contributed by atoms with E-state index in [1.165, 1.54) is 12.0 Å². The summed E-state index contributed by atoms with van der Waals surface area (Å²) in [6.45, 7) is 9.25. The molecular weight excluding hydrogens is 408 g/mol. The lowest BCUT2D eigenvalue weighted by molar-refractivity contribution is 0.0636. The van der Waals surface area contributed by atoms with Crippen molar-refractivity contribution in [3.05, 3.63) is 59.4 Å². The Morgan fingerprint density at radius 3 is 2.74 bits per heavy atom. The van der Waals surface area contributed by atoms with E-state index in [1.54, 1.807) is 6.20 Å². The Morgan fingerprint density at radius 1 is 1.19 bits per heavy atom. The van der Waals surface area contributed by atoms with Crippen molar-refractivity contribution in [3.63, 3.8) is 0 Å². The fourth-order valence-corrected chi connectivity index (χ4v) is 4.14. The molecule has 31 heavy (non-hydrogen) atoms. The number of likely N-dealkylation sites (tertiary alicyclic amines) is 1. The first-order valence-corrected chi connectivity index (χ1v) is 10.9. The highest BCUT2D eigenvalue weighted by molar-refractivity contribution is 6.07. The van der Waals surface area contributed by atoms with Gasteiger partial charge in [0.05, 0.1) is 11.3 Å². The Labute approximate surface area is 190 Å². The fourth-order valence-electron chi connectivity index (χ4n) is 4.14. The number of carbonyl (C=O) groups is 1. The van der Waals surface area contributed by atoms with E-state index in [0.717, 1.165) is 41.8 Å². The fraction of sp³-hybridized carbons (Fsp3) is 0.400. The van der Waals surface area contributed by atoms with Crippen molar-refractivity contribution in [3.8, 4) is 0 Å². The summed E-state index contributed by atoms with van der Waals surface area (Å²) in [7, 11) is 0. The van der Waals surface area contributed by atoms with E-state index in [2.05, 4.69) is 54.3 Å². The minimum Gasteiger partial charge on any atom is -0.354 e. The number of carbonyl (C=O) groups excluding carboxylic acids is 1. The third kappa shape index (κ3) is 4.82. The van der Waals surface area contributed by atoms with Gasteiger partial charge in [-0.25, -0.2) is 9.97 Å². The van der Waals surface area contributed by atoms with Crippen LogP contribution < -0.4 is 5.32 Å². The number of anilines is 2. The number of halogens is 1. The average molecular weight is 439 g/mol. The van der Waals surface area contributed by atoms with Crippen LogP contribution in [0.4, 0.5) is 11.4 Å². The van der Waals surface area contributed by atoms with Crippen LogP contribution in [-0.2, 0) is 0 Å². The maximum atomic E-state index is 13.5. The number of amides is 1. The topological polar surface area (TPSA) is 58.1 Å². The van der Waals surface area contributed by atoms with E-state index in [0.29, 0.717) is 17.1 Å². The number of nitrogens with one attached hydrogen (secondary N) is 1. The van der Waals surface area contributed by atoms with Gasteiger partial charge in [-0.05, 0) is 68.9 Å². The van der Waals surface area contributed by atoms with Crippen LogP contribution in [0.3, 0.4) is 0 Å². The van der Waals surface area contributed by atoms with Crippen LogP contribution in [0.15, 0.2) is 42.6 Å². The van der Waals surface area contributed by atoms with Crippen LogP contribution in [0, 0.1) is 6.92 Å². The van der Waals surface area contributed by atoms with Crippen molar-refractivity contribution in [2.45, 2.75) is 58.9 Å². The quantitative estimate of drug-likeness (QED) is 0.523. The molecule has 0 radical (unpaired) electrons. The Hall–Kier alpha value is -2.66. The van der Waals surface area contributed by atoms with Gasteiger partial charge < -0.3 is 10.2 Å². The number of aryl methyl sites for hydroxylation is 1. The number of benzene rings is 1. The first-order chi connectivity index (χ1) is 14.4. The molecule has 1 amide bonds. The number of fused-ring (bicyclic) bond motifs is 1. The Balaban J connectivity index is 0.00000272. The number of pyridine rings is 2. The monoisotopic (exact) mass is 438 g/mol. The molecule has 0 bridgehead atoms. The summed E-state index contributed by atoms with van der Waals surface area (Å²) >= 11 is 0. The molecule has 0 spiro atoms. The molecule has 5 nitrogen and oxygen atoms in total. The van der Waals surface area contributed by atoms with Gasteiger partial charge in [0.1, 0.15) is 0 Å². The van der Waals surface area contributed by atoms with Gasteiger partial charge in [0, 0.05) is 35.6 Å². The number of aromatic nitrogens is 2.